The number of hydrogen-bond donors (Lipinski definition) is 0. The lowest BCUT2D eigenvalue weighted by molar-refractivity contribution is -0.110. The van der Waals surface area contributed by atoms with Crippen molar-refractivity contribution in [2.24, 2.45) is 0 Å². The molecule has 0 aromatic heterocycles. The number of rotatable bonds is 3. The van der Waals surface area contributed by atoms with Crippen LogP contribution in [0.5, 0.6) is 0 Å². The van der Waals surface area contributed by atoms with Crippen molar-refractivity contribution in [1.29, 1.82) is 0 Å². The average molecular weight is 244 g/mol. The average Bonchev–Trinajstić information content (AvgIpc) is 2.73. The maximum Gasteiger partial charge on any atom is 0.0973 e. The number of ether oxygens (including phenoxy) is 1. The Balaban J connectivity index is 2.25. The molecule has 1 nitrogen and oxygen atoms in total. The lowest BCUT2D eigenvalue weighted by atomic mass is 9.81. The van der Waals surface area contributed by atoms with E-state index in [1.165, 1.54) is 11.1 Å². The van der Waals surface area contributed by atoms with Gasteiger partial charge in [-0.1, -0.05) is 36.5 Å². The summed E-state index contributed by atoms with van der Waals surface area (Å²) in [5.74, 6) is 0. The van der Waals surface area contributed by atoms with Crippen LogP contribution < -0.4 is 0 Å². The highest BCUT2D eigenvalue weighted by Crippen LogP contribution is 2.39. The highest BCUT2D eigenvalue weighted by atomic mass is 16.5. The molecular weight excluding hydrogens is 220 g/mol. The molecule has 0 fully saturated rings. The SMILES string of the molecule is CC1=CC=CCC1(CC1=CCC=C1)OC(C)(C)C. The summed E-state index contributed by atoms with van der Waals surface area (Å²) in [4.78, 5) is 0. The van der Waals surface area contributed by atoms with E-state index in [1.54, 1.807) is 0 Å². The van der Waals surface area contributed by atoms with Crippen molar-refractivity contribution in [3.63, 3.8) is 0 Å². The Kier molecular flexibility index (Phi) is 3.63. The van der Waals surface area contributed by atoms with Crippen molar-refractivity contribution >= 4 is 0 Å². The van der Waals surface area contributed by atoms with Crippen LogP contribution in [0.1, 0.15) is 47.0 Å². The molecule has 1 unspecified atom stereocenters. The second kappa shape index (κ2) is 4.89. The first-order valence-electron chi connectivity index (χ1n) is 6.81. The summed E-state index contributed by atoms with van der Waals surface area (Å²) in [7, 11) is 0. The maximum atomic E-state index is 6.45. The van der Waals surface area contributed by atoms with E-state index < -0.39 is 0 Å². The second-order valence-corrected chi connectivity index (χ2v) is 6.28. The summed E-state index contributed by atoms with van der Waals surface area (Å²) in [5.41, 5.74) is 2.46. The largest absolute Gasteiger partial charge is 0.364 e. The van der Waals surface area contributed by atoms with Crippen molar-refractivity contribution in [2.45, 2.75) is 58.2 Å². The lowest BCUT2D eigenvalue weighted by Crippen LogP contribution is -2.41. The van der Waals surface area contributed by atoms with Gasteiger partial charge in [0.15, 0.2) is 0 Å². The van der Waals surface area contributed by atoms with Crippen molar-refractivity contribution in [2.75, 3.05) is 0 Å². The van der Waals surface area contributed by atoms with Gasteiger partial charge in [-0.05, 0) is 51.7 Å². The van der Waals surface area contributed by atoms with Gasteiger partial charge in [-0.3, -0.25) is 0 Å². The van der Waals surface area contributed by atoms with E-state index in [4.69, 9.17) is 4.74 Å². The zero-order valence-electron chi connectivity index (χ0n) is 12.0. The van der Waals surface area contributed by atoms with Crippen LogP contribution in [0.3, 0.4) is 0 Å². The van der Waals surface area contributed by atoms with E-state index in [0.29, 0.717) is 0 Å². The fourth-order valence-corrected chi connectivity index (χ4v) is 2.71. The van der Waals surface area contributed by atoms with Crippen LogP contribution in [0, 0.1) is 0 Å². The van der Waals surface area contributed by atoms with Crippen LogP contribution in [0.2, 0.25) is 0 Å². The third-order valence-electron chi connectivity index (χ3n) is 3.49. The molecule has 1 heteroatoms. The first-order chi connectivity index (χ1) is 8.41. The molecule has 0 saturated carbocycles. The van der Waals surface area contributed by atoms with Crippen molar-refractivity contribution in [3.05, 3.63) is 47.6 Å². The molecule has 0 amide bonds. The smallest absolute Gasteiger partial charge is 0.0973 e. The zero-order valence-corrected chi connectivity index (χ0v) is 12.0. The van der Waals surface area contributed by atoms with Gasteiger partial charge in [-0.2, -0.15) is 0 Å². The van der Waals surface area contributed by atoms with Gasteiger partial charge >= 0.3 is 0 Å². The Labute approximate surface area is 111 Å². The lowest BCUT2D eigenvalue weighted by Gasteiger charge is -2.41. The summed E-state index contributed by atoms with van der Waals surface area (Å²) in [5, 5.41) is 0. The van der Waals surface area contributed by atoms with E-state index in [-0.39, 0.29) is 11.2 Å². The molecule has 0 aliphatic heterocycles. The molecule has 18 heavy (non-hydrogen) atoms. The molecule has 98 valence electrons. The highest BCUT2D eigenvalue weighted by Gasteiger charge is 2.37. The quantitative estimate of drug-likeness (QED) is 0.698. The van der Waals surface area contributed by atoms with E-state index in [0.717, 1.165) is 19.3 Å². The molecule has 0 saturated heterocycles. The fourth-order valence-electron chi connectivity index (χ4n) is 2.71. The van der Waals surface area contributed by atoms with Crippen LogP contribution in [0.4, 0.5) is 0 Å². The Morgan fingerprint density at radius 2 is 2.06 bits per heavy atom. The standard InChI is InChI=1S/C17H24O/c1-14-9-7-8-12-17(14,18-16(2,3)4)13-15-10-5-6-11-15/h5,7-11H,6,12-13H2,1-4H3. The van der Waals surface area contributed by atoms with Gasteiger partial charge in [0.1, 0.15) is 0 Å². The van der Waals surface area contributed by atoms with Crippen LogP contribution in [-0.2, 0) is 4.74 Å². The summed E-state index contributed by atoms with van der Waals surface area (Å²) >= 11 is 0. The van der Waals surface area contributed by atoms with E-state index >= 15 is 0 Å². The van der Waals surface area contributed by atoms with Crippen molar-refractivity contribution < 1.29 is 4.74 Å². The third kappa shape index (κ3) is 3.02. The first-order valence-corrected chi connectivity index (χ1v) is 6.81. The van der Waals surface area contributed by atoms with Crippen LogP contribution >= 0.6 is 0 Å². The predicted octanol–water partition coefficient (Wildman–Crippen LogP) is 4.72. The van der Waals surface area contributed by atoms with Crippen molar-refractivity contribution in [1.82, 2.24) is 0 Å². The van der Waals surface area contributed by atoms with Gasteiger partial charge in [-0.25, -0.2) is 0 Å². The molecule has 0 bridgehead atoms. The molecule has 0 radical (unpaired) electrons. The Morgan fingerprint density at radius 3 is 2.61 bits per heavy atom. The van der Waals surface area contributed by atoms with Crippen LogP contribution in [0.15, 0.2) is 47.6 Å². The van der Waals surface area contributed by atoms with Gasteiger partial charge in [0.2, 0.25) is 0 Å². The Morgan fingerprint density at radius 1 is 1.28 bits per heavy atom. The maximum absolute atomic E-state index is 6.45. The topological polar surface area (TPSA) is 9.23 Å². The van der Waals surface area contributed by atoms with E-state index in [9.17, 15) is 0 Å². The van der Waals surface area contributed by atoms with Gasteiger partial charge in [-0.15, -0.1) is 0 Å². The summed E-state index contributed by atoms with van der Waals surface area (Å²) < 4.78 is 6.45. The second-order valence-electron chi connectivity index (χ2n) is 6.28. The Hall–Kier alpha value is -1.08. The van der Waals surface area contributed by atoms with Crippen molar-refractivity contribution in [3.8, 4) is 0 Å². The summed E-state index contributed by atoms with van der Waals surface area (Å²) in [6, 6.07) is 0. The molecule has 2 rings (SSSR count). The summed E-state index contributed by atoms with van der Waals surface area (Å²) in [6.07, 6.45) is 16.3. The normalized spacial score (nSPS) is 27.3. The van der Waals surface area contributed by atoms with E-state index in [1.807, 2.05) is 0 Å². The molecule has 1 atom stereocenters. The van der Waals surface area contributed by atoms with Gasteiger partial charge < -0.3 is 4.74 Å². The highest BCUT2D eigenvalue weighted by molar-refractivity contribution is 5.35. The van der Waals surface area contributed by atoms with Crippen LogP contribution in [-0.4, -0.2) is 11.2 Å². The predicted molar refractivity (Wildman–Crippen MR) is 77.5 cm³/mol. The van der Waals surface area contributed by atoms with Gasteiger partial charge in [0, 0.05) is 6.42 Å². The molecule has 0 spiro atoms. The summed E-state index contributed by atoms with van der Waals surface area (Å²) in [6.45, 7) is 8.60. The number of allylic oxidation sites excluding steroid dienone is 5. The minimum Gasteiger partial charge on any atom is -0.364 e. The van der Waals surface area contributed by atoms with E-state index in [2.05, 4.69) is 64.2 Å². The molecule has 2 aliphatic rings. The molecule has 0 heterocycles. The molecule has 0 aromatic rings. The Bertz CT molecular complexity index is 429. The number of hydrogen-bond acceptors (Lipinski definition) is 1. The monoisotopic (exact) mass is 244 g/mol. The molecule has 2 aliphatic carbocycles. The molecular formula is C17H24O. The van der Waals surface area contributed by atoms with Crippen LogP contribution in [0.25, 0.3) is 0 Å². The minimum absolute atomic E-state index is 0.122. The zero-order chi connectivity index (χ0) is 13.2. The minimum atomic E-state index is -0.159. The molecule has 0 N–H and O–H groups in total. The fraction of sp³-hybridized carbons (Fsp3) is 0.529. The molecule has 0 aromatic carbocycles. The van der Waals surface area contributed by atoms with Gasteiger partial charge in [0.25, 0.3) is 0 Å². The third-order valence-corrected chi connectivity index (χ3v) is 3.49. The first kappa shape index (κ1) is 13.4. The van der Waals surface area contributed by atoms with Gasteiger partial charge in [0.05, 0.1) is 11.2 Å².